The van der Waals surface area contributed by atoms with Crippen LogP contribution < -0.4 is 0 Å². The first-order chi connectivity index (χ1) is 6.16. The molecule has 0 radical (unpaired) electrons. The minimum atomic E-state index is -2.42. The average Bonchev–Trinajstić information content (AvgIpc) is 2.42. The van der Waals surface area contributed by atoms with E-state index in [2.05, 4.69) is 10.4 Å². The summed E-state index contributed by atoms with van der Waals surface area (Å²) in [5, 5.41) is 0. The molecule has 0 N–H and O–H groups in total. The van der Waals surface area contributed by atoms with Crippen LogP contribution >= 0.6 is 8.18 Å². The Morgan fingerprint density at radius 3 is 2.46 bits per heavy atom. The predicted molar refractivity (Wildman–Crippen MR) is 43.5 cm³/mol. The van der Waals surface area contributed by atoms with Gasteiger partial charge in [-0.1, -0.05) is 5.92 Å². The van der Waals surface area contributed by atoms with Crippen LogP contribution in [0.1, 0.15) is 12.8 Å². The highest BCUT2D eigenvalue weighted by atomic mass is 31.1. The van der Waals surface area contributed by atoms with Crippen LogP contribution in [0.3, 0.4) is 0 Å². The van der Waals surface area contributed by atoms with E-state index >= 15 is 0 Å². The van der Waals surface area contributed by atoms with Gasteiger partial charge in [-0.15, -0.1) is 10.9 Å². The second-order valence-electron chi connectivity index (χ2n) is 2.31. The van der Waals surface area contributed by atoms with E-state index in [0.717, 1.165) is 0 Å². The molecule has 1 fully saturated rings. The molecule has 68 valence electrons. The second-order valence-corrected chi connectivity index (χ2v) is 3.45. The van der Waals surface area contributed by atoms with Gasteiger partial charge in [0.1, 0.15) is 0 Å². The van der Waals surface area contributed by atoms with Gasteiger partial charge in [0.2, 0.25) is 0 Å². The van der Waals surface area contributed by atoms with Crippen molar-refractivity contribution >= 4 is 20.0 Å². The molecule has 1 unspecified atom stereocenters. The SMILES string of the molecule is C#CCO[P+](=O)N1C(=O)CCC1=O. The molecule has 0 aromatic heterocycles. The number of imide groups is 1. The molecular formula is C7H7NO4P+. The van der Waals surface area contributed by atoms with Crippen LogP contribution in [-0.4, -0.2) is 23.1 Å². The summed E-state index contributed by atoms with van der Waals surface area (Å²) in [6.45, 7) is -0.174. The van der Waals surface area contributed by atoms with Crippen molar-refractivity contribution in [2.24, 2.45) is 0 Å². The van der Waals surface area contributed by atoms with Gasteiger partial charge in [-0.2, -0.15) is 0 Å². The molecule has 1 atom stereocenters. The summed E-state index contributed by atoms with van der Waals surface area (Å²) >= 11 is 0. The first-order valence-electron chi connectivity index (χ1n) is 3.56. The van der Waals surface area contributed by atoms with Crippen molar-refractivity contribution in [2.45, 2.75) is 12.8 Å². The molecular weight excluding hydrogens is 193 g/mol. The lowest BCUT2D eigenvalue weighted by atomic mass is 10.4. The number of terminal acetylenes is 1. The van der Waals surface area contributed by atoms with Crippen LogP contribution in [0.2, 0.25) is 0 Å². The van der Waals surface area contributed by atoms with Crippen molar-refractivity contribution in [3.63, 3.8) is 0 Å². The number of rotatable bonds is 3. The molecule has 0 spiro atoms. The van der Waals surface area contributed by atoms with E-state index in [0.29, 0.717) is 4.67 Å². The Hall–Kier alpha value is -1.24. The van der Waals surface area contributed by atoms with Gasteiger partial charge in [-0.3, -0.25) is 9.59 Å². The van der Waals surface area contributed by atoms with E-state index in [1.165, 1.54) is 0 Å². The second kappa shape index (κ2) is 4.13. The lowest BCUT2D eigenvalue weighted by Crippen LogP contribution is -2.21. The first-order valence-corrected chi connectivity index (χ1v) is 4.69. The van der Waals surface area contributed by atoms with Crippen molar-refractivity contribution < 1.29 is 18.7 Å². The molecule has 1 heterocycles. The number of nitrogens with zero attached hydrogens (tertiary/aromatic N) is 1. The molecule has 5 nitrogen and oxygen atoms in total. The Balaban J connectivity index is 2.60. The van der Waals surface area contributed by atoms with Gasteiger partial charge in [0.25, 0.3) is 11.8 Å². The third kappa shape index (κ3) is 2.11. The van der Waals surface area contributed by atoms with Gasteiger partial charge in [-0.25, -0.2) is 0 Å². The van der Waals surface area contributed by atoms with E-state index in [4.69, 9.17) is 6.42 Å². The lowest BCUT2D eigenvalue weighted by molar-refractivity contribution is -0.132. The van der Waals surface area contributed by atoms with Crippen LogP contribution in [0, 0.1) is 12.3 Å². The summed E-state index contributed by atoms with van der Waals surface area (Å²) in [5.41, 5.74) is 0. The fraction of sp³-hybridized carbons (Fsp3) is 0.429. The van der Waals surface area contributed by atoms with E-state index in [9.17, 15) is 14.2 Å². The van der Waals surface area contributed by atoms with Gasteiger partial charge in [0, 0.05) is 12.8 Å². The predicted octanol–water partition coefficient (Wildman–Crippen LogP) is 0.443. The lowest BCUT2D eigenvalue weighted by Gasteiger charge is -1.95. The van der Waals surface area contributed by atoms with Crippen LogP contribution in [0.5, 0.6) is 0 Å². The number of hydrogen-bond acceptors (Lipinski definition) is 4. The highest BCUT2D eigenvalue weighted by Crippen LogP contribution is 2.33. The summed E-state index contributed by atoms with van der Waals surface area (Å²) in [6, 6.07) is 0. The highest BCUT2D eigenvalue weighted by molar-refractivity contribution is 7.38. The van der Waals surface area contributed by atoms with Gasteiger partial charge >= 0.3 is 8.18 Å². The molecule has 0 bridgehead atoms. The topological polar surface area (TPSA) is 63.7 Å². The maximum Gasteiger partial charge on any atom is 0.657 e. The minimum absolute atomic E-state index is 0.0965. The summed E-state index contributed by atoms with van der Waals surface area (Å²) in [5.74, 6) is 1.16. The van der Waals surface area contributed by atoms with Crippen molar-refractivity contribution in [1.82, 2.24) is 4.67 Å². The number of hydrogen-bond donors (Lipinski definition) is 0. The maximum atomic E-state index is 11.1. The maximum absolute atomic E-state index is 11.1. The summed E-state index contributed by atoms with van der Waals surface area (Å²) in [7, 11) is -2.42. The van der Waals surface area contributed by atoms with Crippen LogP contribution in [0.4, 0.5) is 0 Å². The van der Waals surface area contributed by atoms with Crippen molar-refractivity contribution in [3.8, 4) is 12.3 Å². The molecule has 2 amide bonds. The third-order valence-electron chi connectivity index (χ3n) is 1.45. The van der Waals surface area contributed by atoms with E-state index < -0.39 is 20.0 Å². The quantitative estimate of drug-likeness (QED) is 0.376. The number of carbonyl (C=O) groups is 2. The van der Waals surface area contributed by atoms with Crippen LogP contribution in [0.15, 0.2) is 0 Å². The molecule has 0 aromatic rings. The van der Waals surface area contributed by atoms with E-state index in [-0.39, 0.29) is 19.4 Å². The van der Waals surface area contributed by atoms with Gasteiger partial charge in [0.05, 0.1) is 0 Å². The Kier molecular flexibility index (Phi) is 3.13. The molecule has 1 rings (SSSR count). The zero-order chi connectivity index (χ0) is 9.84. The van der Waals surface area contributed by atoms with Crippen molar-refractivity contribution in [3.05, 3.63) is 0 Å². The number of carbonyl (C=O) groups excluding carboxylic acids is 2. The minimum Gasteiger partial charge on any atom is -0.270 e. The molecule has 1 saturated heterocycles. The molecule has 1 aliphatic heterocycles. The van der Waals surface area contributed by atoms with Gasteiger partial charge in [0.15, 0.2) is 6.61 Å². The van der Waals surface area contributed by atoms with Crippen molar-refractivity contribution in [1.29, 1.82) is 0 Å². The monoisotopic (exact) mass is 200 g/mol. The van der Waals surface area contributed by atoms with E-state index in [1.807, 2.05) is 0 Å². The average molecular weight is 200 g/mol. The van der Waals surface area contributed by atoms with Crippen molar-refractivity contribution in [2.75, 3.05) is 6.61 Å². The molecule has 0 saturated carbocycles. The number of amides is 2. The largest absolute Gasteiger partial charge is 0.657 e. The summed E-state index contributed by atoms with van der Waals surface area (Å²) < 4.78 is 16.3. The van der Waals surface area contributed by atoms with Gasteiger partial charge in [-0.05, 0) is 9.24 Å². The normalized spacial score (nSPS) is 17.5. The molecule has 0 aromatic carbocycles. The highest BCUT2D eigenvalue weighted by Gasteiger charge is 2.45. The fourth-order valence-electron chi connectivity index (χ4n) is 0.897. The zero-order valence-corrected chi connectivity index (χ0v) is 7.62. The third-order valence-corrected chi connectivity index (χ3v) is 2.57. The van der Waals surface area contributed by atoms with Crippen LogP contribution in [-0.2, 0) is 18.7 Å². The standard InChI is InChI=1S/C7H7NO4P/c1-2-5-12-13(11)8-6(9)3-4-7(8)10/h1H,3-5H2/q+1. The Labute approximate surface area is 76.0 Å². The summed E-state index contributed by atoms with van der Waals surface area (Å²) in [6.07, 6.45) is 5.05. The molecule has 13 heavy (non-hydrogen) atoms. The Morgan fingerprint density at radius 2 is 2.00 bits per heavy atom. The van der Waals surface area contributed by atoms with E-state index in [1.54, 1.807) is 0 Å². The Morgan fingerprint density at radius 1 is 1.46 bits per heavy atom. The zero-order valence-electron chi connectivity index (χ0n) is 6.73. The summed E-state index contributed by atoms with van der Waals surface area (Å²) in [4.78, 5) is 22.0. The first kappa shape index (κ1) is 9.85. The molecule has 6 heteroatoms. The Bertz CT molecular complexity index is 290. The molecule has 1 aliphatic rings. The van der Waals surface area contributed by atoms with Crippen LogP contribution in [0.25, 0.3) is 0 Å². The fourth-order valence-corrected chi connectivity index (χ4v) is 1.76. The van der Waals surface area contributed by atoms with Gasteiger partial charge < -0.3 is 0 Å². The smallest absolute Gasteiger partial charge is 0.270 e. The molecule has 0 aliphatic carbocycles.